The van der Waals surface area contributed by atoms with Crippen molar-refractivity contribution < 1.29 is 4.74 Å². The number of ether oxygens (including phenoxy) is 1. The molecule has 4 nitrogen and oxygen atoms in total. The molecule has 0 saturated carbocycles. The Morgan fingerprint density at radius 3 is 3.18 bits per heavy atom. The second-order valence-corrected chi connectivity index (χ2v) is 1.82. The smallest absolute Gasteiger partial charge is 0.223 e. The van der Waals surface area contributed by atoms with Crippen LogP contribution in [0, 0.1) is 11.3 Å². The number of hydrogen-bond donors (Lipinski definition) is 1. The maximum Gasteiger partial charge on any atom is 0.223 e. The van der Waals surface area contributed by atoms with E-state index in [-0.39, 0.29) is 17.8 Å². The van der Waals surface area contributed by atoms with E-state index >= 15 is 0 Å². The Labute approximate surface area is 63.0 Å². The summed E-state index contributed by atoms with van der Waals surface area (Å²) in [7, 11) is 0. The summed E-state index contributed by atoms with van der Waals surface area (Å²) in [4.78, 5) is 13.5. The van der Waals surface area contributed by atoms with Crippen LogP contribution < -0.4 is 10.2 Å². The van der Waals surface area contributed by atoms with E-state index in [1.165, 1.54) is 18.5 Å². The Bertz CT molecular complexity index is 324. The topological polar surface area (TPSA) is 65.9 Å². The molecule has 1 heterocycles. The molecular weight excluding hydrogens is 144 g/mol. The average Bonchev–Trinajstić information content (AvgIpc) is 2.03. The lowest BCUT2D eigenvalue weighted by Crippen LogP contribution is -2.06. The average molecular weight is 150 g/mol. The van der Waals surface area contributed by atoms with Crippen LogP contribution in [0.15, 0.2) is 23.3 Å². The maximum absolute atomic E-state index is 10.9. The van der Waals surface area contributed by atoms with E-state index in [0.717, 1.165) is 0 Å². The molecule has 11 heavy (non-hydrogen) atoms. The van der Waals surface area contributed by atoms with Gasteiger partial charge in [0.1, 0.15) is 6.07 Å². The van der Waals surface area contributed by atoms with Crippen molar-refractivity contribution in [3.8, 4) is 11.8 Å². The van der Waals surface area contributed by atoms with Gasteiger partial charge in [0.05, 0.1) is 0 Å². The van der Waals surface area contributed by atoms with Gasteiger partial charge in [0.15, 0.2) is 12.4 Å². The van der Waals surface area contributed by atoms with Gasteiger partial charge < -0.3 is 9.72 Å². The van der Waals surface area contributed by atoms with Crippen molar-refractivity contribution in [3.05, 3.63) is 28.7 Å². The van der Waals surface area contributed by atoms with Crippen molar-refractivity contribution in [3.63, 3.8) is 0 Å². The molecule has 56 valence electrons. The molecule has 0 radical (unpaired) electrons. The summed E-state index contributed by atoms with van der Waals surface area (Å²) >= 11 is 0. The number of H-pyrrole nitrogens is 1. The molecule has 0 unspecified atom stereocenters. The lowest BCUT2D eigenvalue weighted by atomic mass is 10.4. The van der Waals surface area contributed by atoms with Gasteiger partial charge in [-0.05, 0) is 0 Å². The highest BCUT2D eigenvalue weighted by Gasteiger charge is 1.95. The summed E-state index contributed by atoms with van der Waals surface area (Å²) in [5, 5.41) is 8.13. The van der Waals surface area contributed by atoms with Gasteiger partial charge in [-0.25, -0.2) is 0 Å². The van der Waals surface area contributed by atoms with Gasteiger partial charge in [-0.2, -0.15) is 5.26 Å². The number of hydrogen-bond acceptors (Lipinski definition) is 3. The van der Waals surface area contributed by atoms with Crippen molar-refractivity contribution in [2.24, 2.45) is 0 Å². The van der Waals surface area contributed by atoms with Gasteiger partial charge in [-0.3, -0.25) is 4.79 Å². The number of pyridine rings is 1. The van der Waals surface area contributed by atoms with E-state index in [0.29, 0.717) is 0 Å². The zero-order chi connectivity index (χ0) is 8.10. The first-order valence-electron chi connectivity index (χ1n) is 3.01. The molecule has 1 rings (SSSR count). The summed E-state index contributed by atoms with van der Waals surface area (Å²) in [6, 6.07) is 3.11. The van der Waals surface area contributed by atoms with Crippen LogP contribution in [0.5, 0.6) is 5.75 Å². The molecule has 0 saturated heterocycles. The molecule has 0 amide bonds. The number of nitrogens with zero attached hydrogens (tertiary/aromatic N) is 1. The third-order valence-electron chi connectivity index (χ3n) is 1.08. The number of rotatable bonds is 2. The molecule has 1 N–H and O–H groups in total. The second-order valence-electron chi connectivity index (χ2n) is 1.82. The van der Waals surface area contributed by atoms with Crippen LogP contribution in [0.25, 0.3) is 0 Å². The molecule has 0 aliphatic carbocycles. The standard InChI is InChI=1S/C7H6N2O2/c8-2-4-11-7-5-9-3-1-6(7)10/h1,3,5H,4H2,(H,9,10). The largest absolute Gasteiger partial charge is 0.473 e. The maximum atomic E-state index is 10.9. The third-order valence-corrected chi connectivity index (χ3v) is 1.08. The Morgan fingerprint density at radius 1 is 1.73 bits per heavy atom. The summed E-state index contributed by atoms with van der Waals surface area (Å²) in [5.74, 6) is 0.175. The minimum Gasteiger partial charge on any atom is -0.473 e. The summed E-state index contributed by atoms with van der Waals surface area (Å²) in [6.07, 6.45) is 2.92. The van der Waals surface area contributed by atoms with Crippen LogP contribution in [0.1, 0.15) is 0 Å². The number of aromatic amines is 1. The van der Waals surface area contributed by atoms with Crippen LogP contribution in [-0.2, 0) is 0 Å². The number of nitriles is 1. The van der Waals surface area contributed by atoms with E-state index in [1.54, 1.807) is 6.07 Å². The Hall–Kier alpha value is -1.76. The van der Waals surface area contributed by atoms with Gasteiger partial charge in [0.25, 0.3) is 0 Å². The number of nitrogens with one attached hydrogen (secondary N) is 1. The molecule has 0 aromatic carbocycles. The van der Waals surface area contributed by atoms with Crippen LogP contribution in [0.2, 0.25) is 0 Å². The normalized spacial score (nSPS) is 8.64. The Kier molecular flexibility index (Phi) is 2.28. The zero-order valence-corrected chi connectivity index (χ0v) is 5.70. The van der Waals surface area contributed by atoms with Gasteiger partial charge in [0.2, 0.25) is 5.43 Å². The number of aromatic nitrogens is 1. The van der Waals surface area contributed by atoms with Crippen molar-refractivity contribution in [1.82, 2.24) is 4.98 Å². The summed E-state index contributed by atoms with van der Waals surface area (Å²) < 4.78 is 4.78. The highest BCUT2D eigenvalue weighted by Crippen LogP contribution is 1.96. The molecule has 0 fully saturated rings. The zero-order valence-electron chi connectivity index (χ0n) is 5.70. The van der Waals surface area contributed by atoms with Crippen LogP contribution in [0.4, 0.5) is 0 Å². The van der Waals surface area contributed by atoms with Crippen LogP contribution in [-0.4, -0.2) is 11.6 Å². The first-order chi connectivity index (χ1) is 5.34. The SMILES string of the molecule is N#CCOc1c[nH]ccc1=O. The third kappa shape index (κ3) is 1.83. The summed E-state index contributed by atoms with van der Waals surface area (Å²) in [5.41, 5.74) is -0.223. The predicted molar refractivity (Wildman–Crippen MR) is 38.2 cm³/mol. The molecule has 0 bridgehead atoms. The van der Waals surface area contributed by atoms with Crippen molar-refractivity contribution >= 4 is 0 Å². The fourth-order valence-corrected chi connectivity index (χ4v) is 0.624. The lowest BCUT2D eigenvalue weighted by Gasteiger charge is -1.96. The monoisotopic (exact) mass is 150 g/mol. The van der Waals surface area contributed by atoms with E-state index in [1.807, 2.05) is 0 Å². The molecule has 0 atom stereocenters. The van der Waals surface area contributed by atoms with Crippen LogP contribution in [0.3, 0.4) is 0 Å². The lowest BCUT2D eigenvalue weighted by molar-refractivity contribution is 0.363. The van der Waals surface area contributed by atoms with Gasteiger partial charge in [-0.1, -0.05) is 0 Å². The summed E-state index contributed by atoms with van der Waals surface area (Å²) in [6.45, 7) is -0.104. The second kappa shape index (κ2) is 3.42. The predicted octanol–water partition coefficient (Wildman–Crippen LogP) is 0.277. The van der Waals surface area contributed by atoms with E-state index in [2.05, 4.69) is 4.98 Å². The molecule has 0 aliphatic rings. The fourth-order valence-electron chi connectivity index (χ4n) is 0.624. The first-order valence-corrected chi connectivity index (χ1v) is 3.01. The molecule has 4 heteroatoms. The van der Waals surface area contributed by atoms with Crippen molar-refractivity contribution in [1.29, 1.82) is 5.26 Å². The molecule has 0 aliphatic heterocycles. The van der Waals surface area contributed by atoms with Crippen LogP contribution >= 0.6 is 0 Å². The fraction of sp³-hybridized carbons (Fsp3) is 0.143. The Morgan fingerprint density at radius 2 is 2.55 bits per heavy atom. The Balaban J connectivity index is 2.80. The van der Waals surface area contributed by atoms with Crippen molar-refractivity contribution in [2.75, 3.05) is 6.61 Å². The quantitative estimate of drug-likeness (QED) is 0.658. The van der Waals surface area contributed by atoms with E-state index in [9.17, 15) is 4.79 Å². The van der Waals surface area contributed by atoms with Gasteiger partial charge in [-0.15, -0.1) is 0 Å². The first kappa shape index (κ1) is 7.35. The van der Waals surface area contributed by atoms with E-state index < -0.39 is 0 Å². The molecule has 0 spiro atoms. The molecule has 1 aromatic heterocycles. The molecule has 1 aromatic rings. The molecular formula is C7H6N2O2. The van der Waals surface area contributed by atoms with Gasteiger partial charge in [0, 0.05) is 18.5 Å². The minimum atomic E-state index is -0.223. The van der Waals surface area contributed by atoms with Gasteiger partial charge >= 0.3 is 0 Å². The highest BCUT2D eigenvalue weighted by atomic mass is 16.5. The van der Waals surface area contributed by atoms with Crippen molar-refractivity contribution in [2.45, 2.75) is 0 Å². The van der Waals surface area contributed by atoms with E-state index in [4.69, 9.17) is 10.00 Å². The highest BCUT2D eigenvalue weighted by molar-refractivity contribution is 5.16. The minimum absolute atomic E-state index is 0.104.